The summed E-state index contributed by atoms with van der Waals surface area (Å²) >= 11 is 1.45. The third-order valence-electron chi connectivity index (χ3n) is 4.71. The Bertz CT molecular complexity index is 1090. The summed E-state index contributed by atoms with van der Waals surface area (Å²) in [5, 5.41) is 4.25. The van der Waals surface area contributed by atoms with Crippen molar-refractivity contribution in [1.29, 1.82) is 0 Å². The van der Waals surface area contributed by atoms with Crippen LogP contribution < -0.4 is 10.1 Å². The number of aromatic nitrogens is 2. The van der Waals surface area contributed by atoms with Crippen LogP contribution in [0.5, 0.6) is 5.75 Å². The summed E-state index contributed by atoms with van der Waals surface area (Å²) in [6.45, 7) is 2.10. The third kappa shape index (κ3) is 5.17. The molecule has 2 aromatic heterocycles. The van der Waals surface area contributed by atoms with Gasteiger partial charge in [-0.05, 0) is 24.1 Å². The molecule has 6 nitrogen and oxygen atoms in total. The van der Waals surface area contributed by atoms with Gasteiger partial charge in [-0.2, -0.15) is 0 Å². The summed E-state index contributed by atoms with van der Waals surface area (Å²) in [4.78, 5) is 24.0. The van der Waals surface area contributed by atoms with E-state index in [9.17, 15) is 22.4 Å². The second-order valence-electron chi connectivity index (χ2n) is 6.91. The number of ether oxygens (including phenoxy) is 1. The van der Waals surface area contributed by atoms with Gasteiger partial charge in [0.05, 0.1) is 5.56 Å². The van der Waals surface area contributed by atoms with Crippen LogP contribution in [0.25, 0.3) is 0 Å². The number of anilines is 1. The molecular formula is C20H16F4N4O2S. The molecule has 0 spiro atoms. The molecule has 0 atom stereocenters. The van der Waals surface area contributed by atoms with Crippen molar-refractivity contribution < 1.29 is 27.1 Å². The Morgan fingerprint density at radius 2 is 2.03 bits per heavy atom. The summed E-state index contributed by atoms with van der Waals surface area (Å²) in [6.07, 6.45) is 0.612. The van der Waals surface area contributed by atoms with Gasteiger partial charge in [-0.25, -0.2) is 14.4 Å². The molecule has 11 heteroatoms. The number of thiophene rings is 1. The van der Waals surface area contributed by atoms with E-state index in [1.54, 1.807) is 17.8 Å². The lowest BCUT2D eigenvalue weighted by Gasteiger charge is -2.27. The molecule has 31 heavy (non-hydrogen) atoms. The first-order valence-electron chi connectivity index (χ1n) is 9.20. The van der Waals surface area contributed by atoms with Gasteiger partial charge >= 0.3 is 6.36 Å². The average molecular weight is 452 g/mol. The maximum absolute atomic E-state index is 13.6. The number of amides is 1. The topological polar surface area (TPSA) is 67.3 Å². The van der Waals surface area contributed by atoms with Crippen molar-refractivity contribution >= 4 is 22.9 Å². The van der Waals surface area contributed by atoms with E-state index in [1.807, 2.05) is 0 Å². The van der Waals surface area contributed by atoms with Crippen molar-refractivity contribution in [3.63, 3.8) is 0 Å². The predicted molar refractivity (Wildman–Crippen MR) is 105 cm³/mol. The Hall–Kier alpha value is -3.05. The quantitative estimate of drug-likeness (QED) is 0.582. The highest BCUT2D eigenvalue weighted by Gasteiger charge is 2.32. The fourth-order valence-electron chi connectivity index (χ4n) is 3.36. The van der Waals surface area contributed by atoms with E-state index < -0.39 is 23.8 Å². The highest BCUT2D eigenvalue weighted by atomic mass is 32.1. The molecule has 0 aliphatic carbocycles. The van der Waals surface area contributed by atoms with Crippen molar-refractivity contribution in [2.45, 2.75) is 25.9 Å². The highest BCUT2D eigenvalue weighted by Crippen LogP contribution is 2.31. The van der Waals surface area contributed by atoms with Crippen molar-refractivity contribution in [3.05, 3.63) is 69.7 Å². The fourth-order valence-corrected chi connectivity index (χ4v) is 4.48. The number of benzene rings is 1. The molecule has 1 aromatic carbocycles. The zero-order valence-corrected chi connectivity index (χ0v) is 16.8. The number of hydrogen-bond donors (Lipinski definition) is 1. The Balaban J connectivity index is 1.45. The molecule has 3 heterocycles. The number of alkyl halides is 3. The molecule has 0 radical (unpaired) electrons. The third-order valence-corrected chi connectivity index (χ3v) is 5.72. The first kappa shape index (κ1) is 21.2. The Morgan fingerprint density at radius 1 is 1.26 bits per heavy atom. The fraction of sp³-hybridized carbons (Fsp3) is 0.250. The monoisotopic (exact) mass is 452 g/mol. The van der Waals surface area contributed by atoms with Gasteiger partial charge in [-0.1, -0.05) is 0 Å². The molecule has 0 saturated carbocycles. The number of nitrogens with zero attached hydrogens (tertiary/aromatic N) is 3. The first-order chi connectivity index (χ1) is 14.8. The molecule has 0 bridgehead atoms. The standard InChI is InChI=1S/C20H16F4N4O2S/c21-16-2-1-13(5-17(16)30-20(22,23)24)27-19(29)15-10-31-18-9-28(4-3-14(15)18)8-12-6-25-11-26-7-12/h1-2,5-7,10-11H,3-4,8-9H2,(H,27,29). The maximum Gasteiger partial charge on any atom is 0.573 e. The van der Waals surface area contributed by atoms with Gasteiger partial charge < -0.3 is 10.1 Å². The molecule has 1 N–H and O–H groups in total. The van der Waals surface area contributed by atoms with Gasteiger partial charge in [-0.15, -0.1) is 24.5 Å². The molecule has 1 amide bonds. The van der Waals surface area contributed by atoms with Crippen molar-refractivity contribution in [3.8, 4) is 5.75 Å². The van der Waals surface area contributed by atoms with Gasteiger partial charge in [0.25, 0.3) is 5.91 Å². The van der Waals surface area contributed by atoms with Gasteiger partial charge in [0.15, 0.2) is 11.6 Å². The molecule has 3 aromatic rings. The lowest BCUT2D eigenvalue weighted by Crippen LogP contribution is -2.30. The number of halogens is 4. The Labute approximate surface area is 178 Å². The van der Waals surface area contributed by atoms with Crippen LogP contribution in [-0.4, -0.2) is 33.7 Å². The normalized spacial score (nSPS) is 14.2. The van der Waals surface area contributed by atoms with E-state index in [0.717, 1.165) is 34.7 Å². The highest BCUT2D eigenvalue weighted by molar-refractivity contribution is 7.10. The van der Waals surface area contributed by atoms with Gasteiger partial charge in [0, 0.05) is 59.6 Å². The smallest absolute Gasteiger partial charge is 0.403 e. The summed E-state index contributed by atoms with van der Waals surface area (Å²) < 4.78 is 54.5. The van der Waals surface area contributed by atoms with E-state index >= 15 is 0 Å². The van der Waals surface area contributed by atoms with Crippen LogP contribution in [0.3, 0.4) is 0 Å². The molecule has 4 rings (SSSR count). The zero-order chi connectivity index (χ0) is 22.0. The lowest BCUT2D eigenvalue weighted by molar-refractivity contribution is -0.275. The zero-order valence-electron chi connectivity index (χ0n) is 15.9. The molecule has 1 aliphatic heterocycles. The number of carbonyl (C=O) groups excluding carboxylic acids is 1. The van der Waals surface area contributed by atoms with E-state index in [-0.39, 0.29) is 5.69 Å². The Kier molecular flexibility index (Phi) is 5.88. The molecule has 0 fully saturated rings. The first-order valence-corrected chi connectivity index (χ1v) is 10.1. The van der Waals surface area contributed by atoms with Crippen LogP contribution >= 0.6 is 11.3 Å². The number of nitrogens with one attached hydrogen (secondary N) is 1. The number of carbonyl (C=O) groups is 1. The molecule has 1 aliphatic rings. The van der Waals surface area contributed by atoms with Crippen LogP contribution in [0.15, 0.2) is 42.3 Å². The predicted octanol–water partition coefficient (Wildman–Crippen LogP) is 4.39. The van der Waals surface area contributed by atoms with Crippen LogP contribution in [0.1, 0.15) is 26.4 Å². The second kappa shape index (κ2) is 8.60. The summed E-state index contributed by atoms with van der Waals surface area (Å²) in [6, 6.07) is 2.80. The van der Waals surface area contributed by atoms with E-state index in [2.05, 4.69) is 24.9 Å². The molecule has 0 saturated heterocycles. The molecule has 162 valence electrons. The van der Waals surface area contributed by atoms with Gasteiger partial charge in [-0.3, -0.25) is 9.69 Å². The van der Waals surface area contributed by atoms with Crippen LogP contribution in [-0.2, 0) is 19.5 Å². The average Bonchev–Trinajstić information content (AvgIpc) is 3.13. The largest absolute Gasteiger partial charge is 0.573 e. The minimum absolute atomic E-state index is 0.00659. The maximum atomic E-state index is 13.6. The number of rotatable bonds is 5. The summed E-state index contributed by atoms with van der Waals surface area (Å²) in [5.41, 5.74) is 2.38. The SMILES string of the molecule is O=C(Nc1ccc(F)c(OC(F)(F)F)c1)c1csc2c1CCN(Cc1cncnc1)C2. The lowest BCUT2D eigenvalue weighted by atomic mass is 10.0. The summed E-state index contributed by atoms with van der Waals surface area (Å²) in [5.74, 6) is -2.64. The second-order valence-corrected chi connectivity index (χ2v) is 7.87. The summed E-state index contributed by atoms with van der Waals surface area (Å²) in [7, 11) is 0. The minimum Gasteiger partial charge on any atom is -0.403 e. The Morgan fingerprint density at radius 3 is 2.77 bits per heavy atom. The molecule has 0 unspecified atom stereocenters. The van der Waals surface area contributed by atoms with Crippen molar-refractivity contribution in [2.75, 3.05) is 11.9 Å². The van der Waals surface area contributed by atoms with Gasteiger partial charge in [0.1, 0.15) is 6.33 Å². The van der Waals surface area contributed by atoms with Crippen molar-refractivity contribution in [2.24, 2.45) is 0 Å². The van der Waals surface area contributed by atoms with E-state index in [0.29, 0.717) is 25.1 Å². The van der Waals surface area contributed by atoms with E-state index in [1.165, 1.54) is 23.7 Å². The number of fused-ring (bicyclic) bond motifs is 1. The number of hydrogen-bond acceptors (Lipinski definition) is 6. The van der Waals surface area contributed by atoms with Crippen molar-refractivity contribution in [1.82, 2.24) is 14.9 Å². The minimum atomic E-state index is -5.03. The van der Waals surface area contributed by atoms with Crippen LogP contribution in [0.2, 0.25) is 0 Å². The van der Waals surface area contributed by atoms with Gasteiger partial charge in [0.2, 0.25) is 0 Å². The van der Waals surface area contributed by atoms with E-state index in [4.69, 9.17) is 0 Å². The molecular weight excluding hydrogens is 436 g/mol. The van der Waals surface area contributed by atoms with Crippen LogP contribution in [0.4, 0.5) is 23.2 Å². The van der Waals surface area contributed by atoms with Crippen LogP contribution in [0, 0.1) is 5.82 Å².